The lowest BCUT2D eigenvalue weighted by Gasteiger charge is -2.59. The molecule has 1 unspecified atom stereocenters. The van der Waals surface area contributed by atoms with Crippen molar-refractivity contribution in [2.45, 2.75) is 85.5 Å². The standard InChI is InChI=1S/C23H40O3/c1-8-21(7,9-2)18(24)17(4)22-11-10-16(3)20(5,6)19(22)23(13-12-22)25-14-15-26-23/h8,16-19,24H,1,9-15H2,2-7H3/t16-,17-,18+,19?,21+,22+/m1/s1. The van der Waals surface area contributed by atoms with Crippen molar-refractivity contribution in [3.05, 3.63) is 12.7 Å². The van der Waals surface area contributed by atoms with Crippen LogP contribution in [0.15, 0.2) is 12.7 Å². The quantitative estimate of drug-likeness (QED) is 0.683. The molecule has 1 spiro atoms. The Hall–Kier alpha value is -0.380. The van der Waals surface area contributed by atoms with E-state index >= 15 is 0 Å². The van der Waals surface area contributed by atoms with Crippen molar-refractivity contribution < 1.29 is 14.6 Å². The van der Waals surface area contributed by atoms with Gasteiger partial charge in [-0.15, -0.1) is 6.58 Å². The zero-order valence-corrected chi connectivity index (χ0v) is 17.8. The van der Waals surface area contributed by atoms with Crippen LogP contribution in [0.4, 0.5) is 0 Å². The molecule has 0 radical (unpaired) electrons. The molecule has 1 N–H and O–H groups in total. The molecule has 0 aromatic carbocycles. The molecule has 3 aliphatic rings. The van der Waals surface area contributed by atoms with Gasteiger partial charge in [0.05, 0.1) is 19.3 Å². The van der Waals surface area contributed by atoms with Crippen LogP contribution in [0, 0.1) is 34.0 Å². The van der Waals surface area contributed by atoms with Crippen molar-refractivity contribution >= 4 is 0 Å². The number of rotatable bonds is 5. The number of fused-ring (bicyclic) bond motifs is 2. The zero-order valence-electron chi connectivity index (χ0n) is 17.8. The fourth-order valence-electron chi connectivity index (χ4n) is 6.71. The van der Waals surface area contributed by atoms with Gasteiger partial charge in [-0.2, -0.15) is 0 Å². The van der Waals surface area contributed by atoms with Crippen molar-refractivity contribution in [3.63, 3.8) is 0 Å². The fraction of sp³-hybridized carbons (Fsp3) is 0.913. The molecular weight excluding hydrogens is 324 g/mol. The van der Waals surface area contributed by atoms with E-state index in [1.54, 1.807) is 0 Å². The Morgan fingerprint density at radius 2 is 1.85 bits per heavy atom. The minimum atomic E-state index is -0.442. The summed E-state index contributed by atoms with van der Waals surface area (Å²) in [5.41, 5.74) is -0.0534. The van der Waals surface area contributed by atoms with Crippen LogP contribution in [0.1, 0.15) is 73.6 Å². The van der Waals surface area contributed by atoms with E-state index in [1.807, 2.05) is 6.08 Å². The van der Waals surface area contributed by atoms with Gasteiger partial charge in [0.1, 0.15) is 0 Å². The molecule has 150 valence electrons. The maximum atomic E-state index is 11.4. The van der Waals surface area contributed by atoms with E-state index in [2.05, 4.69) is 48.1 Å². The van der Waals surface area contributed by atoms with Crippen LogP contribution in [-0.2, 0) is 9.47 Å². The predicted octanol–water partition coefficient (Wildman–Crippen LogP) is 5.18. The van der Waals surface area contributed by atoms with Crippen molar-refractivity contribution in [2.75, 3.05) is 13.2 Å². The Bertz CT molecular complexity index is 536. The van der Waals surface area contributed by atoms with Gasteiger partial charge in [-0.25, -0.2) is 0 Å². The van der Waals surface area contributed by atoms with Gasteiger partial charge >= 0.3 is 0 Å². The Morgan fingerprint density at radius 1 is 1.23 bits per heavy atom. The Labute approximate surface area is 160 Å². The van der Waals surface area contributed by atoms with E-state index in [0.29, 0.717) is 25.0 Å². The summed E-state index contributed by atoms with van der Waals surface area (Å²) in [7, 11) is 0. The summed E-state index contributed by atoms with van der Waals surface area (Å²) in [4.78, 5) is 0. The highest BCUT2D eigenvalue weighted by Gasteiger charge is 2.69. The number of aliphatic hydroxyl groups is 1. The molecule has 1 heterocycles. The van der Waals surface area contributed by atoms with Crippen LogP contribution in [-0.4, -0.2) is 30.2 Å². The molecular formula is C23H40O3. The monoisotopic (exact) mass is 364 g/mol. The minimum Gasteiger partial charge on any atom is -0.392 e. The van der Waals surface area contributed by atoms with E-state index in [9.17, 15) is 5.11 Å². The highest BCUT2D eigenvalue weighted by molar-refractivity contribution is 5.15. The predicted molar refractivity (Wildman–Crippen MR) is 106 cm³/mol. The topological polar surface area (TPSA) is 38.7 Å². The molecule has 0 amide bonds. The van der Waals surface area contributed by atoms with E-state index in [0.717, 1.165) is 25.7 Å². The lowest BCUT2D eigenvalue weighted by Crippen LogP contribution is -2.58. The highest BCUT2D eigenvalue weighted by Crippen LogP contribution is 2.69. The van der Waals surface area contributed by atoms with E-state index in [4.69, 9.17) is 9.47 Å². The van der Waals surface area contributed by atoms with Crippen LogP contribution < -0.4 is 0 Å². The SMILES string of the molecule is C=C[C@@](C)(CC)[C@@H](O)[C@@H](C)[C@@]12CC[C@@H](C)C(C)(C)C1C1(CC2)OCCO1. The third kappa shape index (κ3) is 2.64. The van der Waals surface area contributed by atoms with E-state index in [-0.39, 0.29) is 22.2 Å². The second-order valence-electron chi connectivity index (χ2n) is 10.2. The van der Waals surface area contributed by atoms with Gasteiger partial charge in [0.2, 0.25) is 0 Å². The van der Waals surface area contributed by atoms with Crippen molar-refractivity contribution in [1.29, 1.82) is 0 Å². The maximum Gasteiger partial charge on any atom is 0.172 e. The van der Waals surface area contributed by atoms with Gasteiger partial charge in [-0.1, -0.05) is 47.6 Å². The summed E-state index contributed by atoms with van der Waals surface area (Å²) < 4.78 is 12.6. The summed E-state index contributed by atoms with van der Waals surface area (Å²) in [5, 5.41) is 11.4. The average molecular weight is 365 g/mol. The molecule has 3 nitrogen and oxygen atoms in total. The second-order valence-corrected chi connectivity index (χ2v) is 10.2. The molecule has 3 fully saturated rings. The van der Waals surface area contributed by atoms with Crippen LogP contribution in [0.2, 0.25) is 0 Å². The highest BCUT2D eigenvalue weighted by atomic mass is 16.7. The lowest BCUT2D eigenvalue weighted by atomic mass is 9.48. The summed E-state index contributed by atoms with van der Waals surface area (Å²) in [6.45, 7) is 19.2. The molecule has 0 aromatic rings. The molecule has 3 heteroatoms. The molecule has 1 saturated heterocycles. The molecule has 2 saturated carbocycles. The zero-order chi connectivity index (χ0) is 19.4. The maximum absolute atomic E-state index is 11.4. The Kier molecular flexibility index (Phi) is 5.17. The Balaban J connectivity index is 2.04. The molecule has 0 bridgehead atoms. The van der Waals surface area contributed by atoms with Crippen molar-refractivity contribution in [1.82, 2.24) is 0 Å². The molecule has 3 rings (SSSR count). The first-order valence-electron chi connectivity index (χ1n) is 10.7. The van der Waals surface area contributed by atoms with Gasteiger partial charge < -0.3 is 14.6 Å². The molecule has 1 aliphatic heterocycles. The first kappa shape index (κ1) is 20.4. The third-order valence-electron chi connectivity index (χ3n) is 9.07. The van der Waals surface area contributed by atoms with Gasteiger partial charge in [0, 0.05) is 17.8 Å². The largest absolute Gasteiger partial charge is 0.392 e. The smallest absolute Gasteiger partial charge is 0.172 e. The first-order chi connectivity index (χ1) is 12.1. The van der Waals surface area contributed by atoms with Crippen LogP contribution in [0.25, 0.3) is 0 Å². The number of hydrogen-bond donors (Lipinski definition) is 1. The first-order valence-corrected chi connectivity index (χ1v) is 10.7. The van der Waals surface area contributed by atoms with Gasteiger partial charge in [0.15, 0.2) is 5.79 Å². The number of aliphatic hydroxyl groups excluding tert-OH is 1. The fourth-order valence-corrected chi connectivity index (χ4v) is 6.71. The number of ether oxygens (including phenoxy) is 2. The number of hydrogen-bond acceptors (Lipinski definition) is 3. The normalized spacial score (nSPS) is 40.0. The minimum absolute atomic E-state index is 0.0687. The summed E-state index contributed by atoms with van der Waals surface area (Å²) >= 11 is 0. The average Bonchev–Trinajstić information content (AvgIpc) is 3.23. The van der Waals surface area contributed by atoms with Gasteiger partial charge in [0.25, 0.3) is 0 Å². The van der Waals surface area contributed by atoms with Gasteiger partial charge in [-0.05, 0) is 48.3 Å². The van der Waals surface area contributed by atoms with Crippen molar-refractivity contribution in [2.24, 2.45) is 34.0 Å². The third-order valence-corrected chi connectivity index (χ3v) is 9.07. The summed E-state index contributed by atoms with van der Waals surface area (Å²) in [6, 6.07) is 0. The van der Waals surface area contributed by atoms with Crippen molar-refractivity contribution in [3.8, 4) is 0 Å². The van der Waals surface area contributed by atoms with Crippen LogP contribution in [0.5, 0.6) is 0 Å². The van der Waals surface area contributed by atoms with E-state index in [1.165, 1.54) is 6.42 Å². The summed E-state index contributed by atoms with van der Waals surface area (Å²) in [6.07, 6.45) is 6.89. The summed E-state index contributed by atoms with van der Waals surface area (Å²) in [5.74, 6) is 0.701. The van der Waals surface area contributed by atoms with Crippen LogP contribution in [0.3, 0.4) is 0 Å². The second kappa shape index (κ2) is 6.60. The molecule has 2 aliphatic carbocycles. The molecule has 26 heavy (non-hydrogen) atoms. The van der Waals surface area contributed by atoms with Gasteiger partial charge in [-0.3, -0.25) is 0 Å². The lowest BCUT2D eigenvalue weighted by molar-refractivity contribution is -0.250. The Morgan fingerprint density at radius 3 is 2.38 bits per heavy atom. The molecule has 6 atom stereocenters. The van der Waals surface area contributed by atoms with Crippen LogP contribution >= 0.6 is 0 Å². The van der Waals surface area contributed by atoms with E-state index < -0.39 is 11.9 Å². The molecule has 0 aromatic heterocycles.